The molecule has 6 heteroatoms. The molecule has 1 aromatic heterocycles. The molecule has 2 aromatic rings. The summed E-state index contributed by atoms with van der Waals surface area (Å²) in [6, 6.07) is 5.83. The van der Waals surface area contributed by atoms with Crippen molar-refractivity contribution in [2.45, 2.75) is 30.4 Å². The highest BCUT2D eigenvalue weighted by molar-refractivity contribution is 8.02. The van der Waals surface area contributed by atoms with E-state index in [-0.39, 0.29) is 11.2 Å². The molecule has 0 radical (unpaired) electrons. The van der Waals surface area contributed by atoms with Crippen LogP contribution in [-0.4, -0.2) is 29.4 Å². The summed E-state index contributed by atoms with van der Waals surface area (Å²) in [6.07, 6.45) is 0. The lowest BCUT2D eigenvalue weighted by atomic mass is 10.3. The summed E-state index contributed by atoms with van der Waals surface area (Å²) in [6.45, 7) is 6.65. The zero-order chi connectivity index (χ0) is 14.5. The average molecular weight is 311 g/mol. The van der Waals surface area contributed by atoms with Gasteiger partial charge in [-0.15, -0.1) is 11.3 Å². The van der Waals surface area contributed by atoms with Gasteiger partial charge in [0, 0.05) is 0 Å². The molecule has 0 amide bonds. The van der Waals surface area contributed by atoms with Gasteiger partial charge in [-0.3, -0.25) is 4.79 Å². The Kier molecular flexibility index (Phi) is 5.25. The molecule has 1 aromatic carbocycles. The Bertz CT molecular complexity index is 597. The van der Waals surface area contributed by atoms with Crippen molar-refractivity contribution in [2.75, 3.05) is 13.2 Å². The smallest absolute Gasteiger partial charge is 0.319 e. The highest BCUT2D eigenvalue weighted by atomic mass is 32.2. The molecule has 0 N–H and O–H groups in total. The van der Waals surface area contributed by atoms with Gasteiger partial charge in [0.25, 0.3) is 0 Å². The van der Waals surface area contributed by atoms with Crippen molar-refractivity contribution in [1.29, 1.82) is 0 Å². The second-order valence-electron chi connectivity index (χ2n) is 4.05. The Morgan fingerprint density at radius 2 is 2.20 bits per heavy atom. The third-order valence-corrected chi connectivity index (χ3v) is 4.74. The molecule has 0 fully saturated rings. The van der Waals surface area contributed by atoms with Crippen LogP contribution in [0.15, 0.2) is 22.5 Å². The fraction of sp³-hybridized carbons (Fsp3) is 0.429. The van der Waals surface area contributed by atoms with E-state index < -0.39 is 0 Å². The minimum Gasteiger partial charge on any atom is -0.494 e. The van der Waals surface area contributed by atoms with Gasteiger partial charge in [-0.1, -0.05) is 11.8 Å². The first kappa shape index (κ1) is 15.1. The molecule has 108 valence electrons. The molecule has 0 spiro atoms. The predicted molar refractivity (Wildman–Crippen MR) is 82.7 cm³/mol. The minimum absolute atomic E-state index is 0.202. The van der Waals surface area contributed by atoms with Crippen LogP contribution in [0.1, 0.15) is 20.8 Å². The molecule has 0 aliphatic carbocycles. The van der Waals surface area contributed by atoms with Gasteiger partial charge in [-0.25, -0.2) is 4.98 Å². The van der Waals surface area contributed by atoms with Gasteiger partial charge in [-0.05, 0) is 39.0 Å². The summed E-state index contributed by atoms with van der Waals surface area (Å²) in [5.41, 5.74) is 0.928. The van der Waals surface area contributed by atoms with Crippen LogP contribution in [-0.2, 0) is 9.53 Å². The van der Waals surface area contributed by atoms with E-state index in [0.29, 0.717) is 13.2 Å². The maximum Gasteiger partial charge on any atom is 0.319 e. The Morgan fingerprint density at radius 3 is 2.90 bits per heavy atom. The number of carbonyl (C=O) groups is 1. The van der Waals surface area contributed by atoms with Crippen LogP contribution in [0.4, 0.5) is 0 Å². The van der Waals surface area contributed by atoms with Crippen LogP contribution < -0.4 is 4.74 Å². The van der Waals surface area contributed by atoms with Crippen molar-refractivity contribution < 1.29 is 14.3 Å². The highest BCUT2D eigenvalue weighted by Crippen LogP contribution is 2.34. The van der Waals surface area contributed by atoms with Crippen LogP contribution in [0, 0.1) is 0 Å². The van der Waals surface area contributed by atoms with Gasteiger partial charge >= 0.3 is 5.97 Å². The monoisotopic (exact) mass is 311 g/mol. The number of benzene rings is 1. The largest absolute Gasteiger partial charge is 0.494 e. The second-order valence-corrected chi connectivity index (χ2v) is 6.67. The van der Waals surface area contributed by atoms with Crippen molar-refractivity contribution in [2.24, 2.45) is 0 Å². The third-order valence-electron chi connectivity index (χ3n) is 2.55. The maximum absolute atomic E-state index is 11.6. The molecule has 0 saturated heterocycles. The number of thiazole rings is 1. The van der Waals surface area contributed by atoms with Crippen LogP contribution in [0.5, 0.6) is 5.75 Å². The second kappa shape index (κ2) is 6.95. The lowest BCUT2D eigenvalue weighted by molar-refractivity contribution is -0.142. The molecule has 20 heavy (non-hydrogen) atoms. The molecule has 4 nitrogen and oxygen atoms in total. The van der Waals surface area contributed by atoms with Gasteiger partial charge in [0.05, 0.1) is 23.4 Å². The number of carbonyl (C=O) groups excluding carboxylic acids is 1. The van der Waals surface area contributed by atoms with Gasteiger partial charge in [-0.2, -0.15) is 0 Å². The standard InChI is InChI=1S/C14H17NO3S2/c1-4-17-10-6-7-11-12(8-10)20-14(15-11)19-9(3)13(16)18-5-2/h6-9H,4-5H2,1-3H3. The van der Waals surface area contributed by atoms with E-state index in [1.165, 1.54) is 11.8 Å². The normalized spacial score (nSPS) is 12.3. The van der Waals surface area contributed by atoms with Crippen molar-refractivity contribution >= 4 is 39.3 Å². The fourth-order valence-electron chi connectivity index (χ4n) is 1.65. The van der Waals surface area contributed by atoms with E-state index in [9.17, 15) is 4.79 Å². The number of ether oxygens (including phenoxy) is 2. The number of hydrogen-bond donors (Lipinski definition) is 0. The fourth-order valence-corrected chi connectivity index (χ4v) is 3.89. The number of thioether (sulfide) groups is 1. The number of rotatable bonds is 6. The molecule has 1 heterocycles. The van der Waals surface area contributed by atoms with Crippen molar-refractivity contribution in [1.82, 2.24) is 4.98 Å². The van der Waals surface area contributed by atoms with Gasteiger partial charge in [0.2, 0.25) is 0 Å². The van der Waals surface area contributed by atoms with Gasteiger partial charge in [0.1, 0.15) is 11.0 Å². The zero-order valence-corrected chi connectivity index (χ0v) is 13.3. The molecule has 1 unspecified atom stereocenters. The molecule has 0 saturated carbocycles. The molecule has 0 aliphatic rings. The molecule has 0 aliphatic heterocycles. The summed E-state index contributed by atoms with van der Waals surface area (Å²) in [5, 5.41) is -0.248. The summed E-state index contributed by atoms with van der Waals surface area (Å²) < 4.78 is 12.4. The Balaban J connectivity index is 2.13. The summed E-state index contributed by atoms with van der Waals surface area (Å²) >= 11 is 2.99. The maximum atomic E-state index is 11.6. The lowest BCUT2D eigenvalue weighted by Gasteiger charge is -2.07. The summed E-state index contributed by atoms with van der Waals surface area (Å²) in [7, 11) is 0. The van der Waals surface area contributed by atoms with Crippen molar-refractivity contribution in [3.05, 3.63) is 18.2 Å². The van der Waals surface area contributed by atoms with Gasteiger partial charge < -0.3 is 9.47 Å². The van der Waals surface area contributed by atoms with Gasteiger partial charge in [0.15, 0.2) is 4.34 Å². The first-order chi connectivity index (χ1) is 9.63. The Morgan fingerprint density at radius 1 is 1.40 bits per heavy atom. The van der Waals surface area contributed by atoms with Crippen LogP contribution in [0.3, 0.4) is 0 Å². The van der Waals surface area contributed by atoms with Crippen LogP contribution in [0.25, 0.3) is 10.2 Å². The number of esters is 1. The van der Waals surface area contributed by atoms with Crippen molar-refractivity contribution in [3.63, 3.8) is 0 Å². The van der Waals surface area contributed by atoms with Crippen molar-refractivity contribution in [3.8, 4) is 5.75 Å². The van der Waals surface area contributed by atoms with E-state index >= 15 is 0 Å². The number of nitrogens with zero attached hydrogens (tertiary/aromatic N) is 1. The third kappa shape index (κ3) is 3.64. The van der Waals surface area contributed by atoms with Crippen LogP contribution >= 0.6 is 23.1 Å². The summed E-state index contributed by atoms with van der Waals surface area (Å²) in [4.78, 5) is 16.1. The van der Waals surface area contributed by atoms with E-state index in [1.54, 1.807) is 11.3 Å². The van der Waals surface area contributed by atoms with Crippen LogP contribution in [0.2, 0.25) is 0 Å². The zero-order valence-electron chi connectivity index (χ0n) is 11.7. The predicted octanol–water partition coefficient (Wildman–Crippen LogP) is 3.74. The number of hydrogen-bond acceptors (Lipinski definition) is 6. The highest BCUT2D eigenvalue weighted by Gasteiger charge is 2.17. The quantitative estimate of drug-likeness (QED) is 0.601. The molecule has 2 rings (SSSR count). The average Bonchev–Trinajstić information content (AvgIpc) is 2.80. The minimum atomic E-state index is -0.248. The SMILES string of the molecule is CCOC(=O)C(C)Sc1nc2ccc(OCC)cc2s1. The molecule has 1 atom stereocenters. The summed E-state index contributed by atoms with van der Waals surface area (Å²) in [5.74, 6) is 0.644. The van der Waals surface area contributed by atoms with E-state index in [0.717, 1.165) is 20.3 Å². The molecular formula is C14H17NO3S2. The van der Waals surface area contributed by atoms with E-state index in [1.807, 2.05) is 39.0 Å². The Hall–Kier alpha value is -1.27. The topological polar surface area (TPSA) is 48.4 Å². The number of fused-ring (bicyclic) bond motifs is 1. The number of aromatic nitrogens is 1. The first-order valence-electron chi connectivity index (χ1n) is 6.50. The van der Waals surface area contributed by atoms with E-state index in [4.69, 9.17) is 9.47 Å². The van der Waals surface area contributed by atoms with E-state index in [2.05, 4.69) is 4.98 Å². The first-order valence-corrected chi connectivity index (χ1v) is 8.20. The molecule has 0 bridgehead atoms. The molecular weight excluding hydrogens is 294 g/mol. The lowest BCUT2D eigenvalue weighted by Crippen LogP contribution is -2.16. The Labute approximate surface area is 126 Å².